The van der Waals surface area contributed by atoms with Gasteiger partial charge in [0.15, 0.2) is 5.82 Å². The summed E-state index contributed by atoms with van der Waals surface area (Å²) in [5.41, 5.74) is 10.7. The van der Waals surface area contributed by atoms with Gasteiger partial charge in [-0.15, -0.1) is 0 Å². The van der Waals surface area contributed by atoms with Gasteiger partial charge in [0, 0.05) is 22.8 Å². The van der Waals surface area contributed by atoms with Gasteiger partial charge in [-0.3, -0.25) is 5.10 Å². The lowest BCUT2D eigenvalue weighted by Gasteiger charge is -2.57. The van der Waals surface area contributed by atoms with Crippen LogP contribution in [0.1, 0.15) is 45.1 Å². The van der Waals surface area contributed by atoms with Crippen LogP contribution in [0.4, 0.5) is 5.82 Å². The Labute approximate surface area is 211 Å². The molecule has 0 amide bonds. The van der Waals surface area contributed by atoms with E-state index in [2.05, 4.69) is 60.5 Å². The highest BCUT2D eigenvalue weighted by Gasteiger charge is 2.68. The Bertz CT molecular complexity index is 1370. The van der Waals surface area contributed by atoms with Crippen molar-refractivity contribution in [3.63, 3.8) is 0 Å². The van der Waals surface area contributed by atoms with Gasteiger partial charge >= 0.3 is 0 Å². The lowest BCUT2D eigenvalue weighted by atomic mass is 9.54. The maximum absolute atomic E-state index is 11.2. The Morgan fingerprint density at radius 1 is 1.22 bits per heavy atom. The summed E-state index contributed by atoms with van der Waals surface area (Å²) in [6.07, 6.45) is 8.75. The fourth-order valence-corrected chi connectivity index (χ4v) is 8.46. The average molecular weight is 489 g/mol. The lowest BCUT2D eigenvalue weighted by molar-refractivity contribution is -0.165. The zero-order valence-electron chi connectivity index (χ0n) is 21.5. The number of nitrogen functional groups attached to an aromatic ring is 1. The highest BCUT2D eigenvalue weighted by atomic mass is 16.5. The molecule has 2 spiro atoms. The number of hydrogen-bond donors (Lipinski definition) is 4. The molecule has 7 nitrogen and oxygen atoms in total. The molecule has 7 heteroatoms. The Balaban J connectivity index is 1.33. The number of rotatable bonds is 2. The molecular weight excluding hydrogens is 452 g/mol. The number of nitrogens with two attached hydrogens (primary N) is 1. The molecule has 2 fully saturated rings. The first-order chi connectivity index (χ1) is 17.1. The van der Waals surface area contributed by atoms with Gasteiger partial charge in [-0.05, 0) is 80.1 Å². The topological polar surface area (TPSA) is 108 Å². The summed E-state index contributed by atoms with van der Waals surface area (Å²) in [5.74, 6) is 1.12. The van der Waals surface area contributed by atoms with E-state index in [0.717, 1.165) is 35.7 Å². The van der Waals surface area contributed by atoms with E-state index in [4.69, 9.17) is 10.5 Å². The summed E-state index contributed by atoms with van der Waals surface area (Å²) in [6.45, 7) is 4.71. The number of hydrogen-bond acceptors (Lipinski definition) is 6. The van der Waals surface area contributed by atoms with Crippen LogP contribution in [-0.4, -0.2) is 68.9 Å². The molecule has 3 aliphatic carbocycles. The maximum atomic E-state index is 11.2. The molecule has 5 N–H and O–H groups in total. The van der Waals surface area contributed by atoms with Gasteiger partial charge < -0.3 is 25.6 Å². The summed E-state index contributed by atoms with van der Waals surface area (Å²) in [6, 6.07) is 6.28. The third-order valence-corrected chi connectivity index (χ3v) is 10.5. The van der Waals surface area contributed by atoms with E-state index < -0.39 is 17.8 Å². The van der Waals surface area contributed by atoms with E-state index in [-0.39, 0.29) is 23.0 Å². The summed E-state index contributed by atoms with van der Waals surface area (Å²) in [5, 5.41) is 30.3. The molecule has 1 saturated heterocycles. The molecule has 1 saturated carbocycles. The number of nitrogens with one attached hydrogen (secondary N) is 1. The van der Waals surface area contributed by atoms with Crippen LogP contribution in [0.2, 0.25) is 0 Å². The number of likely N-dealkylation sites (N-methyl/N-ethyl adjacent to an activating group) is 1. The SMILES string of the molecule is CC1C=C2C=C3C(O)C(O)C(N(C)C)CC34CCC2(O4)C2CC=C(c3ccc4c(N)n[nH]c4c3)C12C. The van der Waals surface area contributed by atoms with Crippen LogP contribution in [0.15, 0.2) is 47.6 Å². The molecular formula is C29H36N4O3. The van der Waals surface area contributed by atoms with Crippen LogP contribution in [-0.2, 0) is 4.74 Å². The smallest absolute Gasteiger partial charge is 0.153 e. The number of allylic oxidation sites excluding steroid dienone is 3. The normalized spacial score (nSPS) is 43.1. The minimum atomic E-state index is -0.905. The number of H-pyrrole nitrogens is 1. The van der Waals surface area contributed by atoms with E-state index in [9.17, 15) is 10.2 Å². The van der Waals surface area contributed by atoms with Gasteiger partial charge in [0.1, 0.15) is 6.10 Å². The molecule has 0 radical (unpaired) electrons. The fraction of sp³-hybridized carbons (Fsp3) is 0.552. The van der Waals surface area contributed by atoms with E-state index in [1.807, 2.05) is 19.0 Å². The van der Waals surface area contributed by atoms with Gasteiger partial charge in [0.2, 0.25) is 0 Å². The Morgan fingerprint density at radius 3 is 2.81 bits per heavy atom. The van der Waals surface area contributed by atoms with Crippen LogP contribution >= 0.6 is 0 Å². The Morgan fingerprint density at radius 2 is 2.03 bits per heavy atom. The van der Waals surface area contributed by atoms with E-state index in [0.29, 0.717) is 18.2 Å². The van der Waals surface area contributed by atoms with Crippen molar-refractivity contribution in [1.82, 2.24) is 15.1 Å². The zero-order valence-corrected chi connectivity index (χ0v) is 21.5. The Hall–Kier alpha value is -2.45. The number of benzene rings is 1. The van der Waals surface area contributed by atoms with Crippen molar-refractivity contribution in [2.45, 2.75) is 69.0 Å². The molecule has 1 aromatic heterocycles. The molecule has 36 heavy (non-hydrogen) atoms. The monoisotopic (exact) mass is 488 g/mol. The van der Waals surface area contributed by atoms with Crippen molar-refractivity contribution in [2.75, 3.05) is 19.8 Å². The van der Waals surface area contributed by atoms with Crippen molar-refractivity contribution in [3.05, 3.63) is 53.1 Å². The van der Waals surface area contributed by atoms with Crippen molar-refractivity contribution in [3.8, 4) is 0 Å². The number of aliphatic hydroxyl groups excluding tert-OH is 2. The highest BCUT2D eigenvalue weighted by Crippen LogP contribution is 2.69. The number of aliphatic hydroxyl groups is 2. The second-order valence-electron chi connectivity index (χ2n) is 12.2. The molecule has 2 bridgehead atoms. The molecule has 8 unspecified atom stereocenters. The Kier molecular flexibility index (Phi) is 4.48. The second kappa shape index (κ2) is 7.10. The van der Waals surface area contributed by atoms with Gasteiger partial charge in [-0.1, -0.05) is 38.1 Å². The minimum absolute atomic E-state index is 0.0899. The lowest BCUT2D eigenvalue weighted by Crippen LogP contribution is -2.62. The molecule has 2 aromatic rings. The van der Waals surface area contributed by atoms with E-state index in [1.165, 1.54) is 16.7 Å². The predicted octanol–water partition coefficient (Wildman–Crippen LogP) is 3.41. The maximum Gasteiger partial charge on any atom is 0.153 e. The number of nitrogens with zero attached hydrogens (tertiary/aromatic N) is 2. The van der Waals surface area contributed by atoms with E-state index >= 15 is 0 Å². The molecule has 5 aliphatic rings. The standard InChI is InChI=1S/C29H36N4O3/c1-15-11-17-13-20-24(34)25(35)22(33(3)4)14-28(20)9-10-29(17,36-28)23-8-7-19(27(15,23)2)16-5-6-18-21(12-16)31-32-26(18)30/h5-7,11-13,15,22-25,34-35H,8-10,14H2,1-4H3,(H3,30,31,32). The first kappa shape index (κ1) is 22.7. The second-order valence-corrected chi connectivity index (χ2v) is 12.2. The van der Waals surface area contributed by atoms with Crippen molar-refractivity contribution in [2.24, 2.45) is 17.3 Å². The summed E-state index contributed by atoms with van der Waals surface area (Å²) < 4.78 is 7.26. The van der Waals surface area contributed by atoms with Crippen LogP contribution in [0.5, 0.6) is 0 Å². The van der Waals surface area contributed by atoms with Gasteiger partial charge in [-0.25, -0.2) is 0 Å². The van der Waals surface area contributed by atoms with Crippen molar-refractivity contribution < 1.29 is 14.9 Å². The first-order valence-electron chi connectivity index (χ1n) is 13.2. The van der Waals surface area contributed by atoms with Gasteiger partial charge in [0.05, 0.1) is 22.8 Å². The molecule has 2 aliphatic heterocycles. The van der Waals surface area contributed by atoms with Crippen LogP contribution in [0, 0.1) is 17.3 Å². The molecule has 7 rings (SSSR count). The number of aromatic amines is 1. The van der Waals surface area contributed by atoms with Crippen LogP contribution in [0.25, 0.3) is 16.5 Å². The zero-order chi connectivity index (χ0) is 25.2. The molecule has 1 aromatic carbocycles. The quantitative estimate of drug-likeness (QED) is 0.516. The van der Waals surface area contributed by atoms with E-state index in [1.54, 1.807) is 0 Å². The molecule has 8 atom stereocenters. The first-order valence-corrected chi connectivity index (χ1v) is 13.2. The third kappa shape index (κ3) is 2.59. The van der Waals surface area contributed by atoms with Gasteiger partial charge in [-0.2, -0.15) is 5.10 Å². The van der Waals surface area contributed by atoms with Gasteiger partial charge in [0.25, 0.3) is 0 Å². The van der Waals surface area contributed by atoms with Crippen LogP contribution in [0.3, 0.4) is 0 Å². The third-order valence-electron chi connectivity index (χ3n) is 10.5. The van der Waals surface area contributed by atoms with Crippen LogP contribution < -0.4 is 5.73 Å². The number of anilines is 1. The minimum Gasteiger partial charge on any atom is -0.388 e. The summed E-state index contributed by atoms with van der Waals surface area (Å²) in [4.78, 5) is 2.03. The molecule has 3 heterocycles. The summed E-state index contributed by atoms with van der Waals surface area (Å²) >= 11 is 0. The van der Waals surface area contributed by atoms with Crippen molar-refractivity contribution in [1.29, 1.82) is 0 Å². The predicted molar refractivity (Wildman–Crippen MR) is 140 cm³/mol. The number of aromatic nitrogens is 2. The number of fused-ring (bicyclic) bond motifs is 2. The fourth-order valence-electron chi connectivity index (χ4n) is 8.46. The summed E-state index contributed by atoms with van der Waals surface area (Å²) in [7, 11) is 3.95. The highest BCUT2D eigenvalue weighted by molar-refractivity contribution is 5.91. The average Bonchev–Trinajstić information content (AvgIpc) is 3.50. The largest absolute Gasteiger partial charge is 0.388 e. The number of ether oxygens (including phenoxy) is 1. The van der Waals surface area contributed by atoms with Crippen molar-refractivity contribution >= 4 is 22.3 Å². The molecule has 190 valence electrons.